The molecule has 0 saturated heterocycles. The maximum Gasteiger partial charge on any atom is 0.265 e. The Morgan fingerprint density at radius 2 is 2.29 bits per heavy atom. The highest BCUT2D eigenvalue weighted by atomic mass is 32.2. The van der Waals surface area contributed by atoms with Gasteiger partial charge in [-0.05, 0) is 28.5 Å². The SMILES string of the molecule is Cn1cc(S(=O)(=O)NCC(O)c2ccsc2)cc1C(N)=O. The molecule has 1 amide bonds. The number of amides is 1. The molecule has 7 nitrogen and oxygen atoms in total. The number of carbonyl (C=O) groups is 1. The predicted molar refractivity (Wildman–Crippen MR) is 78.4 cm³/mol. The second-order valence-electron chi connectivity index (χ2n) is 4.46. The Morgan fingerprint density at radius 3 is 2.81 bits per heavy atom. The van der Waals surface area contributed by atoms with Crippen molar-refractivity contribution in [1.29, 1.82) is 0 Å². The third-order valence-electron chi connectivity index (χ3n) is 2.94. The van der Waals surface area contributed by atoms with E-state index in [2.05, 4.69) is 4.72 Å². The fraction of sp³-hybridized carbons (Fsp3) is 0.250. The van der Waals surface area contributed by atoms with Gasteiger partial charge in [0.15, 0.2) is 0 Å². The van der Waals surface area contributed by atoms with Crippen molar-refractivity contribution in [2.24, 2.45) is 12.8 Å². The van der Waals surface area contributed by atoms with Crippen molar-refractivity contribution in [2.75, 3.05) is 6.54 Å². The molecule has 0 saturated carbocycles. The molecule has 0 aromatic carbocycles. The van der Waals surface area contributed by atoms with E-state index < -0.39 is 22.0 Å². The Kier molecular flexibility index (Phi) is 4.47. The lowest BCUT2D eigenvalue weighted by molar-refractivity contribution is 0.0992. The van der Waals surface area contributed by atoms with E-state index in [1.54, 1.807) is 16.8 Å². The number of nitrogens with two attached hydrogens (primary N) is 1. The minimum atomic E-state index is -3.82. The zero-order valence-corrected chi connectivity index (χ0v) is 12.8. The number of aryl methyl sites for hydroxylation is 1. The van der Waals surface area contributed by atoms with Crippen LogP contribution in [0.15, 0.2) is 34.0 Å². The number of thiophene rings is 1. The van der Waals surface area contributed by atoms with E-state index >= 15 is 0 Å². The average molecular weight is 329 g/mol. The van der Waals surface area contributed by atoms with Gasteiger partial charge in [0.1, 0.15) is 10.6 Å². The first-order valence-corrected chi connectivity index (χ1v) is 8.40. The molecule has 0 bridgehead atoms. The number of sulfonamides is 1. The Hall–Kier alpha value is -1.68. The molecule has 0 spiro atoms. The summed E-state index contributed by atoms with van der Waals surface area (Å²) < 4.78 is 27.9. The second-order valence-corrected chi connectivity index (χ2v) is 7.01. The van der Waals surface area contributed by atoms with Crippen LogP contribution in [0.1, 0.15) is 22.2 Å². The number of aliphatic hydroxyl groups is 1. The standard InChI is InChI=1S/C12H15N3O4S2/c1-15-6-9(4-10(15)12(13)17)21(18,19)14-5-11(16)8-2-3-20-7-8/h2-4,6-7,11,14,16H,5H2,1H3,(H2,13,17). The molecule has 2 rings (SSSR count). The molecule has 2 aromatic rings. The second kappa shape index (κ2) is 5.98. The summed E-state index contributed by atoms with van der Waals surface area (Å²) in [5.41, 5.74) is 5.88. The summed E-state index contributed by atoms with van der Waals surface area (Å²) in [6.45, 7) is -0.153. The van der Waals surface area contributed by atoms with Gasteiger partial charge in [-0.1, -0.05) is 0 Å². The molecule has 114 valence electrons. The van der Waals surface area contributed by atoms with Gasteiger partial charge in [-0.15, -0.1) is 0 Å². The Labute approximate surface area is 126 Å². The maximum atomic E-state index is 12.1. The maximum absolute atomic E-state index is 12.1. The van der Waals surface area contributed by atoms with Gasteiger partial charge in [-0.2, -0.15) is 11.3 Å². The van der Waals surface area contributed by atoms with Crippen molar-refractivity contribution in [3.63, 3.8) is 0 Å². The van der Waals surface area contributed by atoms with Crippen molar-refractivity contribution in [1.82, 2.24) is 9.29 Å². The first-order valence-electron chi connectivity index (χ1n) is 5.97. The van der Waals surface area contributed by atoms with Gasteiger partial charge in [0.05, 0.1) is 6.10 Å². The first-order chi connectivity index (χ1) is 9.81. The van der Waals surface area contributed by atoms with E-state index in [1.165, 1.54) is 35.2 Å². The molecule has 0 aliphatic heterocycles. The molecule has 1 atom stereocenters. The average Bonchev–Trinajstić information content (AvgIpc) is 3.05. The van der Waals surface area contributed by atoms with Crippen LogP contribution in [0.4, 0.5) is 0 Å². The van der Waals surface area contributed by atoms with Crippen LogP contribution in [0.2, 0.25) is 0 Å². The van der Waals surface area contributed by atoms with Gasteiger partial charge in [0.25, 0.3) is 5.91 Å². The van der Waals surface area contributed by atoms with Crippen LogP contribution < -0.4 is 10.5 Å². The summed E-state index contributed by atoms with van der Waals surface area (Å²) in [6, 6.07) is 2.92. The molecule has 2 aromatic heterocycles. The van der Waals surface area contributed by atoms with Crippen LogP contribution in [0, 0.1) is 0 Å². The number of hydrogen-bond donors (Lipinski definition) is 3. The van der Waals surface area contributed by atoms with E-state index in [0.29, 0.717) is 5.56 Å². The number of primary amides is 1. The van der Waals surface area contributed by atoms with Crippen LogP contribution in [0.3, 0.4) is 0 Å². The largest absolute Gasteiger partial charge is 0.387 e. The highest BCUT2D eigenvalue weighted by Gasteiger charge is 2.20. The summed E-state index contributed by atoms with van der Waals surface area (Å²) in [5.74, 6) is -0.711. The number of hydrogen-bond acceptors (Lipinski definition) is 5. The van der Waals surface area contributed by atoms with E-state index in [1.807, 2.05) is 0 Å². The van der Waals surface area contributed by atoms with Crippen LogP contribution in [-0.2, 0) is 17.1 Å². The predicted octanol–water partition coefficient (Wildman–Crippen LogP) is 0.197. The van der Waals surface area contributed by atoms with Crippen LogP contribution in [0.25, 0.3) is 0 Å². The molecule has 0 radical (unpaired) electrons. The Morgan fingerprint density at radius 1 is 1.57 bits per heavy atom. The van der Waals surface area contributed by atoms with Crippen LogP contribution in [0.5, 0.6) is 0 Å². The zero-order chi connectivity index (χ0) is 15.6. The smallest absolute Gasteiger partial charge is 0.265 e. The fourth-order valence-electron chi connectivity index (χ4n) is 1.78. The van der Waals surface area contributed by atoms with Crippen LogP contribution in [-0.4, -0.2) is 30.5 Å². The van der Waals surface area contributed by atoms with Crippen molar-refractivity contribution in [3.05, 3.63) is 40.3 Å². The van der Waals surface area contributed by atoms with E-state index in [-0.39, 0.29) is 17.1 Å². The van der Waals surface area contributed by atoms with E-state index in [9.17, 15) is 18.3 Å². The van der Waals surface area contributed by atoms with Gasteiger partial charge in [-0.3, -0.25) is 4.79 Å². The number of rotatable bonds is 6. The summed E-state index contributed by atoms with van der Waals surface area (Å²) in [6.07, 6.45) is 0.365. The molecule has 4 N–H and O–H groups in total. The lowest BCUT2D eigenvalue weighted by Crippen LogP contribution is -2.28. The van der Waals surface area contributed by atoms with Crippen molar-refractivity contribution in [3.8, 4) is 0 Å². The first kappa shape index (κ1) is 15.7. The summed E-state index contributed by atoms with van der Waals surface area (Å²) >= 11 is 1.41. The van der Waals surface area contributed by atoms with Gasteiger partial charge < -0.3 is 15.4 Å². The normalized spacial score (nSPS) is 13.2. The third-order valence-corrected chi connectivity index (χ3v) is 5.03. The Bertz CT molecular complexity index is 735. The van der Waals surface area contributed by atoms with E-state index in [0.717, 1.165) is 0 Å². The number of aliphatic hydroxyl groups excluding tert-OH is 1. The summed E-state index contributed by atoms with van der Waals surface area (Å²) in [5, 5.41) is 13.4. The molecular weight excluding hydrogens is 314 g/mol. The molecule has 21 heavy (non-hydrogen) atoms. The molecule has 2 heterocycles. The topological polar surface area (TPSA) is 114 Å². The molecule has 0 aliphatic carbocycles. The fourth-order valence-corrected chi connectivity index (χ4v) is 3.60. The third kappa shape index (κ3) is 3.50. The van der Waals surface area contributed by atoms with E-state index in [4.69, 9.17) is 5.73 Å². The minimum absolute atomic E-state index is 0.0729. The lowest BCUT2D eigenvalue weighted by atomic mass is 10.2. The van der Waals surface area contributed by atoms with Gasteiger partial charge >= 0.3 is 0 Å². The zero-order valence-electron chi connectivity index (χ0n) is 11.2. The van der Waals surface area contributed by atoms with Gasteiger partial charge in [-0.25, -0.2) is 13.1 Å². The molecule has 9 heteroatoms. The number of nitrogens with zero attached hydrogens (tertiary/aromatic N) is 1. The number of carbonyl (C=O) groups excluding carboxylic acids is 1. The lowest BCUT2D eigenvalue weighted by Gasteiger charge is -2.10. The summed E-state index contributed by atoms with van der Waals surface area (Å²) in [4.78, 5) is 11.1. The summed E-state index contributed by atoms with van der Waals surface area (Å²) in [7, 11) is -2.29. The monoisotopic (exact) mass is 329 g/mol. The number of aromatic nitrogens is 1. The van der Waals surface area contributed by atoms with Crippen molar-refractivity contribution in [2.45, 2.75) is 11.0 Å². The van der Waals surface area contributed by atoms with Gasteiger partial charge in [0, 0.05) is 19.8 Å². The highest BCUT2D eigenvalue weighted by Crippen LogP contribution is 2.17. The highest BCUT2D eigenvalue weighted by molar-refractivity contribution is 7.89. The Balaban J connectivity index is 2.12. The van der Waals surface area contributed by atoms with Crippen molar-refractivity contribution >= 4 is 27.3 Å². The van der Waals surface area contributed by atoms with Gasteiger partial charge in [0.2, 0.25) is 10.0 Å². The quantitative estimate of drug-likeness (QED) is 0.702. The molecule has 0 aliphatic rings. The molecular formula is C12H15N3O4S2. The molecule has 1 unspecified atom stereocenters. The minimum Gasteiger partial charge on any atom is -0.387 e. The van der Waals surface area contributed by atoms with Crippen LogP contribution >= 0.6 is 11.3 Å². The molecule has 0 fully saturated rings. The van der Waals surface area contributed by atoms with Crippen molar-refractivity contribution < 1.29 is 18.3 Å². The number of nitrogens with one attached hydrogen (secondary N) is 1.